The van der Waals surface area contributed by atoms with E-state index in [2.05, 4.69) is 25.6 Å². The van der Waals surface area contributed by atoms with Crippen molar-refractivity contribution in [2.75, 3.05) is 27.2 Å². The van der Waals surface area contributed by atoms with Gasteiger partial charge in [-0.3, -0.25) is 9.79 Å². The molecule has 0 radical (unpaired) electrons. The van der Waals surface area contributed by atoms with Crippen molar-refractivity contribution >= 4 is 35.8 Å². The normalized spacial score (nSPS) is 10.9. The molecule has 0 aliphatic rings. The number of hydrogen-bond acceptors (Lipinski definition) is 3. The van der Waals surface area contributed by atoms with Crippen molar-refractivity contribution in [3.05, 3.63) is 78.0 Å². The van der Waals surface area contributed by atoms with Crippen LogP contribution in [-0.2, 0) is 6.54 Å². The van der Waals surface area contributed by atoms with Crippen molar-refractivity contribution in [1.29, 1.82) is 0 Å². The quantitative estimate of drug-likeness (QED) is 0.187. The highest BCUT2D eigenvalue weighted by atomic mass is 127. The maximum Gasteiger partial charge on any atom is 0.254 e. The second kappa shape index (κ2) is 12.0. The summed E-state index contributed by atoms with van der Waals surface area (Å²) in [4.78, 5) is 26.0. The first-order valence-corrected chi connectivity index (χ1v) is 9.62. The Kier molecular flexibility index (Phi) is 9.44. The summed E-state index contributed by atoms with van der Waals surface area (Å²) in [5.41, 5.74) is 2.07. The first-order valence-electron chi connectivity index (χ1n) is 9.62. The Labute approximate surface area is 198 Å². The van der Waals surface area contributed by atoms with Crippen LogP contribution in [0, 0.1) is 5.82 Å². The third kappa shape index (κ3) is 6.78. The van der Waals surface area contributed by atoms with Gasteiger partial charge in [-0.1, -0.05) is 42.5 Å². The number of amides is 1. The average Bonchev–Trinajstić information content (AvgIpc) is 3.23. The van der Waals surface area contributed by atoms with Crippen molar-refractivity contribution in [3.8, 4) is 11.3 Å². The van der Waals surface area contributed by atoms with Crippen LogP contribution in [0.2, 0.25) is 0 Å². The first-order chi connectivity index (χ1) is 14.6. The lowest BCUT2D eigenvalue weighted by molar-refractivity contribution is 0.0950. The van der Waals surface area contributed by atoms with Gasteiger partial charge in [0.1, 0.15) is 11.6 Å². The molecular formula is C22H26FIN6O. The molecule has 164 valence electrons. The molecule has 0 fully saturated rings. The minimum atomic E-state index is -0.535. The average molecular weight is 536 g/mol. The van der Waals surface area contributed by atoms with Gasteiger partial charge in [-0.05, 0) is 17.7 Å². The fourth-order valence-corrected chi connectivity index (χ4v) is 2.98. The summed E-state index contributed by atoms with van der Waals surface area (Å²) in [6, 6.07) is 15.9. The van der Waals surface area contributed by atoms with Gasteiger partial charge in [0.25, 0.3) is 5.91 Å². The van der Waals surface area contributed by atoms with E-state index in [1.165, 1.54) is 12.1 Å². The number of benzene rings is 2. The van der Waals surface area contributed by atoms with E-state index in [-0.39, 0.29) is 29.5 Å². The van der Waals surface area contributed by atoms with E-state index in [0.29, 0.717) is 25.6 Å². The number of carbonyl (C=O) groups excluding carboxylic acids is 1. The molecule has 7 nitrogen and oxygen atoms in total. The summed E-state index contributed by atoms with van der Waals surface area (Å²) in [5.74, 6) is 0.494. The fraction of sp³-hybridized carbons (Fsp3) is 0.227. The molecule has 3 aromatic rings. The van der Waals surface area contributed by atoms with E-state index in [1.807, 2.05) is 48.5 Å². The lowest BCUT2D eigenvalue weighted by Crippen LogP contribution is -2.42. The molecule has 0 unspecified atom stereocenters. The Balaban J connectivity index is 0.00000341. The number of nitrogens with one attached hydrogen (secondary N) is 3. The Hall–Kier alpha value is -2.95. The molecule has 0 saturated heterocycles. The number of guanidine groups is 1. The molecule has 0 atom stereocenters. The highest BCUT2D eigenvalue weighted by Crippen LogP contribution is 2.16. The number of hydrogen-bond donors (Lipinski definition) is 3. The molecule has 1 amide bonds. The van der Waals surface area contributed by atoms with Gasteiger partial charge in [-0.25, -0.2) is 9.37 Å². The minimum absolute atomic E-state index is 0. The zero-order valence-electron chi connectivity index (χ0n) is 17.4. The number of aromatic amines is 1. The van der Waals surface area contributed by atoms with Gasteiger partial charge < -0.3 is 20.5 Å². The highest BCUT2D eigenvalue weighted by Gasteiger charge is 2.12. The predicted octanol–water partition coefficient (Wildman–Crippen LogP) is 3.27. The summed E-state index contributed by atoms with van der Waals surface area (Å²) in [5, 5.41) is 5.87. The van der Waals surface area contributed by atoms with E-state index < -0.39 is 11.7 Å². The second-order valence-electron chi connectivity index (χ2n) is 6.68. The molecule has 0 saturated carbocycles. The van der Waals surface area contributed by atoms with Crippen molar-refractivity contribution in [3.63, 3.8) is 0 Å². The predicted molar refractivity (Wildman–Crippen MR) is 131 cm³/mol. The number of aliphatic imine (C=N–C) groups is 1. The second-order valence-corrected chi connectivity index (χ2v) is 6.68. The summed E-state index contributed by atoms with van der Waals surface area (Å²) in [6.07, 6.45) is 1.81. The van der Waals surface area contributed by atoms with E-state index in [9.17, 15) is 9.18 Å². The number of H-pyrrole nitrogens is 1. The SMILES string of the molecule is CN=C(NCCNC(=O)c1ccccc1F)N(C)Cc1ncc(-c2ccccc2)[nH]1.I. The smallest absolute Gasteiger partial charge is 0.254 e. The third-order valence-corrected chi connectivity index (χ3v) is 4.49. The van der Waals surface area contributed by atoms with Gasteiger partial charge >= 0.3 is 0 Å². The van der Waals surface area contributed by atoms with Crippen LogP contribution in [0.25, 0.3) is 11.3 Å². The molecular weight excluding hydrogens is 510 g/mol. The Morgan fingerprint density at radius 2 is 1.77 bits per heavy atom. The molecule has 2 aromatic carbocycles. The number of halogens is 2. The highest BCUT2D eigenvalue weighted by molar-refractivity contribution is 14.0. The maximum absolute atomic E-state index is 13.6. The number of rotatable bonds is 7. The monoisotopic (exact) mass is 536 g/mol. The van der Waals surface area contributed by atoms with E-state index in [4.69, 9.17) is 0 Å². The van der Waals surface area contributed by atoms with Crippen molar-refractivity contribution < 1.29 is 9.18 Å². The lowest BCUT2D eigenvalue weighted by atomic mass is 10.2. The lowest BCUT2D eigenvalue weighted by Gasteiger charge is -2.21. The molecule has 0 aliphatic heterocycles. The Bertz CT molecular complexity index is 1010. The molecule has 1 aromatic heterocycles. The van der Waals surface area contributed by atoms with Gasteiger partial charge in [-0.15, -0.1) is 24.0 Å². The summed E-state index contributed by atoms with van der Waals surface area (Å²) < 4.78 is 13.6. The van der Waals surface area contributed by atoms with E-state index >= 15 is 0 Å². The van der Waals surface area contributed by atoms with Crippen molar-refractivity contribution in [2.45, 2.75) is 6.54 Å². The van der Waals surface area contributed by atoms with Gasteiger partial charge in [0.05, 0.1) is 24.0 Å². The van der Waals surface area contributed by atoms with Crippen LogP contribution in [0.1, 0.15) is 16.2 Å². The first kappa shape index (κ1) is 24.3. The van der Waals surface area contributed by atoms with Crippen LogP contribution < -0.4 is 10.6 Å². The summed E-state index contributed by atoms with van der Waals surface area (Å²) in [6.45, 7) is 1.32. The molecule has 3 rings (SSSR count). The number of nitrogens with zero attached hydrogens (tertiary/aromatic N) is 3. The van der Waals surface area contributed by atoms with Gasteiger partial charge in [0, 0.05) is 27.2 Å². The van der Waals surface area contributed by atoms with E-state index in [1.54, 1.807) is 19.2 Å². The van der Waals surface area contributed by atoms with Crippen LogP contribution >= 0.6 is 24.0 Å². The molecule has 0 bridgehead atoms. The van der Waals surface area contributed by atoms with Crippen LogP contribution in [0.15, 0.2) is 65.8 Å². The molecule has 1 heterocycles. The summed E-state index contributed by atoms with van der Waals surface area (Å²) in [7, 11) is 3.59. The minimum Gasteiger partial charge on any atom is -0.354 e. The molecule has 0 aliphatic carbocycles. The van der Waals surface area contributed by atoms with Crippen molar-refractivity contribution in [1.82, 2.24) is 25.5 Å². The third-order valence-electron chi connectivity index (χ3n) is 4.49. The van der Waals surface area contributed by atoms with Gasteiger partial charge in [-0.2, -0.15) is 0 Å². The Morgan fingerprint density at radius 3 is 2.48 bits per heavy atom. The molecule has 31 heavy (non-hydrogen) atoms. The van der Waals surface area contributed by atoms with Crippen LogP contribution in [-0.4, -0.2) is 53.9 Å². The van der Waals surface area contributed by atoms with Gasteiger partial charge in [0.2, 0.25) is 0 Å². The van der Waals surface area contributed by atoms with Gasteiger partial charge in [0.15, 0.2) is 5.96 Å². The molecule has 0 spiro atoms. The fourth-order valence-electron chi connectivity index (χ4n) is 2.98. The molecule has 9 heteroatoms. The number of aromatic nitrogens is 2. The number of imidazole rings is 1. The van der Waals surface area contributed by atoms with E-state index in [0.717, 1.165) is 17.1 Å². The van der Waals surface area contributed by atoms with Crippen LogP contribution in [0.3, 0.4) is 0 Å². The Morgan fingerprint density at radius 1 is 1.10 bits per heavy atom. The van der Waals surface area contributed by atoms with Crippen LogP contribution in [0.4, 0.5) is 4.39 Å². The topological polar surface area (TPSA) is 85.4 Å². The van der Waals surface area contributed by atoms with Crippen molar-refractivity contribution in [2.24, 2.45) is 4.99 Å². The van der Waals surface area contributed by atoms with Crippen LogP contribution in [0.5, 0.6) is 0 Å². The summed E-state index contributed by atoms with van der Waals surface area (Å²) >= 11 is 0. The maximum atomic E-state index is 13.6. The largest absolute Gasteiger partial charge is 0.354 e. The zero-order valence-corrected chi connectivity index (χ0v) is 19.8. The standard InChI is InChI=1S/C22H25FN6O.HI/c1-24-22(26-13-12-25-21(30)17-10-6-7-11-18(17)23)29(2)15-20-27-14-19(28-20)16-8-4-3-5-9-16;/h3-11,14H,12-13,15H2,1-2H3,(H,24,26)(H,25,30)(H,27,28);1H. The molecule has 3 N–H and O–H groups in total. The zero-order chi connectivity index (χ0) is 21.3. The number of carbonyl (C=O) groups is 1.